The first-order valence-electron chi connectivity index (χ1n) is 7.78. The third-order valence-electron chi connectivity index (χ3n) is 3.91. The average molecular weight is 344 g/mol. The molecule has 120 valence electrons. The highest BCUT2D eigenvalue weighted by molar-refractivity contribution is 7.19. The van der Waals surface area contributed by atoms with Crippen LogP contribution in [0.1, 0.15) is 16.5 Å². The second kappa shape index (κ2) is 5.68. The molecule has 0 unspecified atom stereocenters. The first-order valence-corrected chi connectivity index (χ1v) is 8.59. The van der Waals surface area contributed by atoms with Gasteiger partial charge in [0, 0.05) is 0 Å². The third-order valence-corrected chi connectivity index (χ3v) is 4.98. The molecule has 3 aromatic heterocycles. The standard InChI is InChI=1S/C19H12N4OS/c1-2-6-15-14(5-1)21-18(22-15)13(9-12-10-24-11-20-12)19-23-16-7-3-4-8-17(16)25-19/h1-11H,(H,21,22)/b13-9-. The van der Waals surface area contributed by atoms with Crippen molar-refractivity contribution < 1.29 is 4.42 Å². The van der Waals surface area contributed by atoms with E-state index < -0.39 is 0 Å². The van der Waals surface area contributed by atoms with Crippen molar-refractivity contribution in [3.63, 3.8) is 0 Å². The number of benzene rings is 2. The molecule has 0 fully saturated rings. The summed E-state index contributed by atoms with van der Waals surface area (Å²) in [7, 11) is 0. The third kappa shape index (κ3) is 2.53. The number of fused-ring (bicyclic) bond motifs is 2. The number of nitrogens with zero attached hydrogens (tertiary/aromatic N) is 3. The Morgan fingerprint density at radius 2 is 1.84 bits per heavy atom. The lowest BCUT2D eigenvalue weighted by Crippen LogP contribution is -1.90. The number of nitrogens with one attached hydrogen (secondary N) is 1. The lowest BCUT2D eigenvalue weighted by atomic mass is 10.2. The predicted octanol–water partition coefficient (Wildman–Crippen LogP) is 4.75. The van der Waals surface area contributed by atoms with Crippen LogP contribution in [0.4, 0.5) is 0 Å². The number of oxazole rings is 1. The summed E-state index contributed by atoms with van der Waals surface area (Å²) in [6.45, 7) is 0. The molecule has 0 amide bonds. The van der Waals surface area contributed by atoms with Gasteiger partial charge in [0.15, 0.2) is 6.39 Å². The van der Waals surface area contributed by atoms with Crippen molar-refractivity contribution in [2.75, 3.05) is 0 Å². The fourth-order valence-corrected chi connectivity index (χ4v) is 3.72. The van der Waals surface area contributed by atoms with Crippen molar-refractivity contribution in [2.45, 2.75) is 0 Å². The molecule has 25 heavy (non-hydrogen) atoms. The zero-order valence-electron chi connectivity index (χ0n) is 13.0. The molecule has 0 spiro atoms. The van der Waals surface area contributed by atoms with Crippen LogP contribution in [0.25, 0.3) is 32.9 Å². The molecule has 2 aromatic carbocycles. The summed E-state index contributed by atoms with van der Waals surface area (Å²) in [5.41, 5.74) is 4.51. The van der Waals surface area contributed by atoms with Crippen LogP contribution in [0.3, 0.4) is 0 Å². The van der Waals surface area contributed by atoms with E-state index in [0.29, 0.717) is 0 Å². The van der Waals surface area contributed by atoms with Gasteiger partial charge in [0.1, 0.15) is 22.8 Å². The number of H-pyrrole nitrogens is 1. The molecule has 0 aliphatic rings. The van der Waals surface area contributed by atoms with E-state index in [1.54, 1.807) is 17.6 Å². The van der Waals surface area contributed by atoms with E-state index in [9.17, 15) is 0 Å². The van der Waals surface area contributed by atoms with E-state index in [2.05, 4.69) is 16.0 Å². The first-order chi connectivity index (χ1) is 12.4. The summed E-state index contributed by atoms with van der Waals surface area (Å²) in [5, 5.41) is 0.892. The molecule has 0 bridgehead atoms. The van der Waals surface area contributed by atoms with E-state index in [0.717, 1.165) is 43.3 Å². The fraction of sp³-hybridized carbons (Fsp3) is 0. The molecule has 0 radical (unpaired) electrons. The predicted molar refractivity (Wildman–Crippen MR) is 99.2 cm³/mol. The zero-order chi connectivity index (χ0) is 16.6. The van der Waals surface area contributed by atoms with Gasteiger partial charge in [-0.1, -0.05) is 24.3 Å². The molecule has 6 heteroatoms. The van der Waals surface area contributed by atoms with Gasteiger partial charge >= 0.3 is 0 Å². The Morgan fingerprint density at radius 1 is 1.00 bits per heavy atom. The van der Waals surface area contributed by atoms with Crippen LogP contribution < -0.4 is 0 Å². The number of thiazole rings is 1. The van der Waals surface area contributed by atoms with Gasteiger partial charge in [-0.25, -0.2) is 15.0 Å². The zero-order valence-corrected chi connectivity index (χ0v) is 13.8. The van der Waals surface area contributed by atoms with Gasteiger partial charge in [0.25, 0.3) is 0 Å². The minimum atomic E-state index is 0.731. The molecular formula is C19H12N4OS. The largest absolute Gasteiger partial charge is 0.451 e. The van der Waals surface area contributed by atoms with Crippen molar-refractivity contribution >= 4 is 44.2 Å². The molecule has 0 atom stereocenters. The molecule has 5 nitrogen and oxygen atoms in total. The van der Waals surface area contributed by atoms with Crippen LogP contribution in [0.15, 0.2) is 65.6 Å². The number of hydrogen-bond donors (Lipinski definition) is 1. The molecule has 0 saturated heterocycles. The Kier molecular flexibility index (Phi) is 3.21. The van der Waals surface area contributed by atoms with Crippen LogP contribution in [0.2, 0.25) is 0 Å². The minimum Gasteiger partial charge on any atom is -0.451 e. The topological polar surface area (TPSA) is 67.6 Å². The van der Waals surface area contributed by atoms with Crippen molar-refractivity contribution in [1.29, 1.82) is 0 Å². The van der Waals surface area contributed by atoms with E-state index in [4.69, 9.17) is 14.4 Å². The van der Waals surface area contributed by atoms with Gasteiger partial charge in [-0.05, 0) is 30.3 Å². The highest BCUT2D eigenvalue weighted by Gasteiger charge is 2.15. The van der Waals surface area contributed by atoms with Gasteiger partial charge in [-0.2, -0.15) is 0 Å². The SMILES string of the molecule is C(=C(\c1nc2ccccc2[nH]1)c1nc2ccccc2s1)/c1cocn1. The Hall–Kier alpha value is -3.25. The monoisotopic (exact) mass is 344 g/mol. The van der Waals surface area contributed by atoms with Crippen LogP contribution >= 0.6 is 11.3 Å². The summed E-state index contributed by atoms with van der Waals surface area (Å²) >= 11 is 1.63. The Balaban J connectivity index is 1.73. The minimum absolute atomic E-state index is 0.731. The summed E-state index contributed by atoms with van der Waals surface area (Å²) in [6.07, 6.45) is 4.97. The maximum atomic E-state index is 5.10. The number of aromatic amines is 1. The molecule has 3 heterocycles. The summed E-state index contributed by atoms with van der Waals surface area (Å²) in [6, 6.07) is 16.1. The van der Waals surface area contributed by atoms with E-state index in [-0.39, 0.29) is 0 Å². The Morgan fingerprint density at radius 3 is 2.64 bits per heavy atom. The number of hydrogen-bond acceptors (Lipinski definition) is 5. The summed E-state index contributed by atoms with van der Waals surface area (Å²) in [5.74, 6) is 0.767. The average Bonchev–Trinajstić information content (AvgIpc) is 3.37. The molecule has 1 N–H and O–H groups in total. The van der Waals surface area contributed by atoms with E-state index >= 15 is 0 Å². The second-order valence-corrected chi connectivity index (χ2v) is 6.59. The smallest absolute Gasteiger partial charge is 0.181 e. The van der Waals surface area contributed by atoms with Crippen LogP contribution in [0.5, 0.6) is 0 Å². The normalized spacial score (nSPS) is 12.2. The van der Waals surface area contributed by atoms with Crippen molar-refractivity contribution in [3.8, 4) is 0 Å². The van der Waals surface area contributed by atoms with Crippen molar-refractivity contribution in [2.24, 2.45) is 0 Å². The van der Waals surface area contributed by atoms with Crippen LogP contribution in [-0.4, -0.2) is 19.9 Å². The Labute approximate surface area is 146 Å². The summed E-state index contributed by atoms with van der Waals surface area (Å²) < 4.78 is 6.24. The maximum absolute atomic E-state index is 5.10. The molecule has 0 aliphatic carbocycles. The molecule has 0 aliphatic heterocycles. The molecular weight excluding hydrogens is 332 g/mol. The van der Waals surface area contributed by atoms with Crippen molar-refractivity contribution in [3.05, 3.63) is 77.7 Å². The van der Waals surface area contributed by atoms with E-state index in [1.165, 1.54) is 6.39 Å². The van der Waals surface area contributed by atoms with Gasteiger partial charge in [-0.15, -0.1) is 11.3 Å². The van der Waals surface area contributed by atoms with Gasteiger partial charge in [-0.3, -0.25) is 0 Å². The van der Waals surface area contributed by atoms with Crippen molar-refractivity contribution in [1.82, 2.24) is 19.9 Å². The quantitative estimate of drug-likeness (QED) is 0.513. The second-order valence-electron chi connectivity index (χ2n) is 5.56. The van der Waals surface area contributed by atoms with Crippen LogP contribution in [0, 0.1) is 0 Å². The van der Waals surface area contributed by atoms with Gasteiger partial charge in [0.2, 0.25) is 0 Å². The lowest BCUT2D eigenvalue weighted by molar-refractivity contribution is 0.557. The number of rotatable bonds is 3. The fourth-order valence-electron chi connectivity index (χ4n) is 2.74. The lowest BCUT2D eigenvalue weighted by Gasteiger charge is -1.99. The number of aromatic nitrogens is 4. The van der Waals surface area contributed by atoms with Crippen LogP contribution in [-0.2, 0) is 0 Å². The highest BCUT2D eigenvalue weighted by Crippen LogP contribution is 2.32. The Bertz CT molecular complexity index is 1060. The number of para-hydroxylation sites is 3. The highest BCUT2D eigenvalue weighted by atomic mass is 32.1. The van der Waals surface area contributed by atoms with Gasteiger partial charge in [0.05, 0.1) is 26.8 Å². The number of imidazole rings is 1. The van der Waals surface area contributed by atoms with E-state index in [1.807, 2.05) is 48.5 Å². The maximum Gasteiger partial charge on any atom is 0.181 e. The first kappa shape index (κ1) is 14.1. The molecule has 0 saturated carbocycles. The molecule has 5 aromatic rings. The summed E-state index contributed by atoms with van der Waals surface area (Å²) in [4.78, 5) is 17.1. The van der Waals surface area contributed by atoms with Gasteiger partial charge < -0.3 is 9.40 Å². The molecule has 5 rings (SSSR count).